The molecule has 0 aromatic carbocycles. The lowest BCUT2D eigenvalue weighted by atomic mass is 9.86. The number of amides is 1. The van der Waals surface area contributed by atoms with E-state index in [9.17, 15) is 28.2 Å². The van der Waals surface area contributed by atoms with Crippen LogP contribution in [0.4, 0.5) is 18.9 Å². The molecule has 5 rings (SSSR count). The number of nitrogens with one attached hydrogen (secondary N) is 2. The van der Waals surface area contributed by atoms with Crippen LogP contribution < -0.4 is 5.32 Å². The Morgan fingerprint density at radius 1 is 1.28 bits per heavy atom. The van der Waals surface area contributed by atoms with E-state index in [2.05, 4.69) is 15.3 Å². The van der Waals surface area contributed by atoms with E-state index in [1.807, 2.05) is 0 Å². The molecule has 4 heterocycles. The maximum atomic E-state index is 13.3. The third-order valence-electron chi connectivity index (χ3n) is 6.63. The minimum absolute atomic E-state index is 0.0324. The molecule has 1 saturated carbocycles. The van der Waals surface area contributed by atoms with Crippen LogP contribution in [0.2, 0.25) is 0 Å². The summed E-state index contributed by atoms with van der Waals surface area (Å²) in [4.78, 5) is 23.2. The number of likely N-dealkylation sites (tertiary alicyclic amines) is 1. The molecule has 2 fully saturated rings. The number of fused-ring (bicyclic) bond motifs is 2. The number of nitrogens with zero attached hydrogens (tertiary/aromatic N) is 4. The highest BCUT2D eigenvalue weighted by Gasteiger charge is 2.52. The fourth-order valence-corrected chi connectivity index (χ4v) is 5.03. The fourth-order valence-electron chi connectivity index (χ4n) is 5.03. The number of halogens is 3. The molecular formula is C24H23F3N6O3. The third kappa shape index (κ3) is 4.06. The molecule has 1 amide bonds. The summed E-state index contributed by atoms with van der Waals surface area (Å²) in [6.07, 6.45) is 1.63. The van der Waals surface area contributed by atoms with E-state index in [0.29, 0.717) is 18.5 Å². The van der Waals surface area contributed by atoms with Crippen LogP contribution in [0.5, 0.6) is 5.75 Å². The lowest BCUT2D eigenvalue weighted by Gasteiger charge is -2.46. The van der Waals surface area contributed by atoms with Gasteiger partial charge in [0.2, 0.25) is 0 Å². The molecule has 36 heavy (non-hydrogen) atoms. The first-order chi connectivity index (χ1) is 17.1. The number of carbonyl (C=O) groups excluding carboxylic acids is 1. The van der Waals surface area contributed by atoms with Crippen LogP contribution >= 0.6 is 0 Å². The first-order valence-electron chi connectivity index (χ1n) is 11.3. The highest BCUT2D eigenvalue weighted by molar-refractivity contribution is 6.13. The van der Waals surface area contributed by atoms with Gasteiger partial charge in [-0.2, -0.15) is 13.2 Å². The van der Waals surface area contributed by atoms with E-state index < -0.39 is 24.7 Å². The Kier molecular flexibility index (Phi) is 5.70. The lowest BCUT2D eigenvalue weighted by Crippen LogP contribution is -2.54. The Bertz CT molecular complexity index is 1400. The quantitative estimate of drug-likeness (QED) is 0.398. The van der Waals surface area contributed by atoms with Gasteiger partial charge in [0.15, 0.2) is 0 Å². The summed E-state index contributed by atoms with van der Waals surface area (Å²) in [5.41, 5.74) is 1.09. The van der Waals surface area contributed by atoms with Crippen LogP contribution in [-0.4, -0.2) is 66.0 Å². The summed E-state index contributed by atoms with van der Waals surface area (Å²) in [5.74, 6) is -0.490. The van der Waals surface area contributed by atoms with Gasteiger partial charge in [-0.15, -0.1) is 0 Å². The van der Waals surface area contributed by atoms with Crippen molar-refractivity contribution in [1.29, 1.82) is 5.41 Å². The number of hydrogen-bond donors (Lipinski definition) is 4. The average molecular weight is 500 g/mol. The molecule has 0 bridgehead atoms. The number of aliphatic hydroxyl groups excluding tert-OH is 1. The molecule has 0 radical (unpaired) electrons. The van der Waals surface area contributed by atoms with Gasteiger partial charge in [0, 0.05) is 35.1 Å². The number of hydrogen-bond acceptors (Lipinski definition) is 7. The molecule has 3 aromatic heterocycles. The Balaban J connectivity index is 1.51. The molecule has 1 aliphatic carbocycles. The van der Waals surface area contributed by atoms with Gasteiger partial charge in [0.25, 0.3) is 5.91 Å². The van der Waals surface area contributed by atoms with Gasteiger partial charge in [-0.25, -0.2) is 4.98 Å². The number of allylic oxidation sites excluding steroid dienone is 1. The van der Waals surface area contributed by atoms with Crippen molar-refractivity contribution >= 4 is 23.0 Å². The standard InChI is InChI=1S/C24H23F3N6O3/c1-2-18-14-5-13(35)6-19(14)33(18)23(36)17-7-16(31-11-24(25,26)27)15(8-29-17)22(28)20-9-30-21-4-3-12(34)10-32(20)21/h2-4,7-10,13-14,19,28,34-35H,5-6,11H2,1H3,(H,29,31)/b18-2+,28-22?. The van der Waals surface area contributed by atoms with Crippen LogP contribution in [0.15, 0.2) is 48.6 Å². The summed E-state index contributed by atoms with van der Waals surface area (Å²) in [6, 6.07) is 3.99. The maximum absolute atomic E-state index is 13.3. The normalized spacial score (nSPS) is 22.5. The Morgan fingerprint density at radius 2 is 2.06 bits per heavy atom. The molecule has 1 aliphatic heterocycles. The summed E-state index contributed by atoms with van der Waals surface area (Å²) >= 11 is 0. The van der Waals surface area contributed by atoms with Crippen molar-refractivity contribution in [3.63, 3.8) is 0 Å². The van der Waals surface area contributed by atoms with Gasteiger partial charge in [-0.05, 0) is 38.0 Å². The molecule has 2 aliphatic rings. The summed E-state index contributed by atoms with van der Waals surface area (Å²) in [7, 11) is 0. The van der Waals surface area contributed by atoms with Crippen LogP contribution in [0.25, 0.3) is 5.65 Å². The predicted molar refractivity (Wildman–Crippen MR) is 124 cm³/mol. The molecule has 3 atom stereocenters. The second kappa shape index (κ2) is 8.63. The monoisotopic (exact) mass is 500 g/mol. The van der Waals surface area contributed by atoms with Crippen molar-refractivity contribution in [2.45, 2.75) is 38.1 Å². The van der Waals surface area contributed by atoms with Gasteiger partial charge >= 0.3 is 6.18 Å². The number of imidazole rings is 1. The smallest absolute Gasteiger partial charge is 0.405 e. The maximum Gasteiger partial charge on any atom is 0.405 e. The Hall–Kier alpha value is -3.93. The molecule has 3 unspecified atom stereocenters. The van der Waals surface area contributed by atoms with Gasteiger partial charge in [0.1, 0.15) is 23.6 Å². The van der Waals surface area contributed by atoms with Crippen molar-refractivity contribution in [2.75, 3.05) is 11.9 Å². The van der Waals surface area contributed by atoms with Gasteiger partial charge in [0.05, 0.1) is 29.9 Å². The number of aromatic nitrogens is 3. The van der Waals surface area contributed by atoms with Crippen molar-refractivity contribution in [1.82, 2.24) is 19.3 Å². The second-order valence-electron chi connectivity index (χ2n) is 8.91. The summed E-state index contributed by atoms with van der Waals surface area (Å²) in [6.45, 7) is 0.415. The van der Waals surface area contributed by atoms with Gasteiger partial charge in [-0.1, -0.05) is 6.08 Å². The highest BCUT2D eigenvalue weighted by Crippen LogP contribution is 2.47. The molecule has 3 aromatic rings. The first kappa shape index (κ1) is 23.8. The topological polar surface area (TPSA) is 127 Å². The number of pyridine rings is 2. The highest BCUT2D eigenvalue weighted by atomic mass is 19.4. The van der Waals surface area contributed by atoms with Crippen molar-refractivity contribution in [2.24, 2.45) is 5.92 Å². The van der Waals surface area contributed by atoms with Gasteiger partial charge < -0.3 is 20.4 Å². The number of aromatic hydroxyl groups is 1. The Morgan fingerprint density at radius 3 is 2.78 bits per heavy atom. The zero-order valence-corrected chi connectivity index (χ0v) is 19.1. The minimum atomic E-state index is -4.54. The fraction of sp³-hybridized carbons (Fsp3) is 0.333. The largest absolute Gasteiger partial charge is 0.506 e. The van der Waals surface area contributed by atoms with Crippen LogP contribution in [0.3, 0.4) is 0 Å². The van der Waals surface area contributed by atoms with Crippen LogP contribution in [0, 0.1) is 11.3 Å². The molecule has 1 saturated heterocycles. The van der Waals surface area contributed by atoms with E-state index in [1.165, 1.54) is 46.1 Å². The van der Waals surface area contributed by atoms with E-state index in [1.54, 1.807) is 13.0 Å². The zero-order valence-electron chi connectivity index (χ0n) is 19.1. The summed E-state index contributed by atoms with van der Waals surface area (Å²) in [5, 5.41) is 30.8. The van der Waals surface area contributed by atoms with E-state index in [4.69, 9.17) is 5.41 Å². The van der Waals surface area contributed by atoms with Crippen LogP contribution in [0.1, 0.15) is 41.5 Å². The average Bonchev–Trinajstić information content (AvgIpc) is 3.38. The van der Waals surface area contributed by atoms with Crippen molar-refractivity contribution in [3.05, 3.63) is 65.5 Å². The Labute approximate surface area is 203 Å². The van der Waals surface area contributed by atoms with Crippen LogP contribution in [-0.2, 0) is 0 Å². The number of carbonyl (C=O) groups is 1. The van der Waals surface area contributed by atoms with Gasteiger partial charge in [-0.3, -0.25) is 19.6 Å². The summed E-state index contributed by atoms with van der Waals surface area (Å²) < 4.78 is 40.6. The number of alkyl halides is 3. The number of aliphatic hydroxyl groups is 1. The number of anilines is 1. The molecule has 0 spiro atoms. The van der Waals surface area contributed by atoms with Crippen molar-refractivity contribution < 1.29 is 28.2 Å². The van der Waals surface area contributed by atoms with E-state index >= 15 is 0 Å². The molecule has 12 heteroatoms. The molecular weight excluding hydrogens is 477 g/mol. The lowest BCUT2D eigenvalue weighted by molar-refractivity contribution is -0.115. The predicted octanol–water partition coefficient (Wildman–Crippen LogP) is 3.32. The van der Waals surface area contributed by atoms with E-state index in [-0.39, 0.29) is 46.1 Å². The minimum Gasteiger partial charge on any atom is -0.506 e. The SMILES string of the molecule is C/C=C1\C2CC(O)CC2N1C(=O)c1cc(NCC(F)(F)F)c(C(=N)c2cnc3ccc(O)cn23)cn1. The van der Waals surface area contributed by atoms with E-state index in [0.717, 1.165) is 5.70 Å². The number of rotatable bonds is 5. The first-order valence-corrected chi connectivity index (χ1v) is 11.3. The molecule has 4 N–H and O–H groups in total. The third-order valence-corrected chi connectivity index (χ3v) is 6.63. The van der Waals surface area contributed by atoms with Crippen molar-refractivity contribution in [3.8, 4) is 5.75 Å². The molecule has 9 nitrogen and oxygen atoms in total. The molecule has 188 valence electrons. The zero-order chi connectivity index (χ0) is 25.8. The second-order valence-corrected chi connectivity index (χ2v) is 8.91.